The summed E-state index contributed by atoms with van der Waals surface area (Å²) in [5, 5.41) is 0. The zero-order valence-corrected chi connectivity index (χ0v) is 15.8. The molecule has 2 fully saturated rings. The summed E-state index contributed by atoms with van der Waals surface area (Å²) in [5.41, 5.74) is 5.25. The van der Waals surface area contributed by atoms with Crippen molar-refractivity contribution >= 4 is 28.7 Å². The molecule has 2 aromatic carbocycles. The zero-order chi connectivity index (χ0) is 18.9. The van der Waals surface area contributed by atoms with Gasteiger partial charge in [0.25, 0.3) is 0 Å². The van der Waals surface area contributed by atoms with Gasteiger partial charge in [-0.05, 0) is 55.2 Å². The van der Waals surface area contributed by atoms with Gasteiger partial charge in [0, 0.05) is 24.5 Å². The number of nitrogens with zero attached hydrogens (tertiary/aromatic N) is 3. The highest BCUT2D eigenvalue weighted by Crippen LogP contribution is 2.37. The van der Waals surface area contributed by atoms with Crippen LogP contribution < -0.4 is 9.80 Å². The topological polar surface area (TPSA) is 61.5 Å². The summed E-state index contributed by atoms with van der Waals surface area (Å²) >= 11 is 0. The Hall–Kier alpha value is -2.86. The first kappa shape index (κ1) is 17.3. The van der Waals surface area contributed by atoms with Gasteiger partial charge < -0.3 is 19.5 Å². The van der Waals surface area contributed by atoms with Crippen molar-refractivity contribution in [3.05, 3.63) is 54.4 Å². The number of benzene rings is 2. The molecule has 6 heteroatoms. The largest absolute Gasteiger partial charge is 0.372 e. The van der Waals surface area contributed by atoms with Crippen molar-refractivity contribution in [2.75, 3.05) is 29.5 Å². The van der Waals surface area contributed by atoms with Gasteiger partial charge in [-0.1, -0.05) is 12.1 Å². The predicted octanol–water partition coefficient (Wildman–Crippen LogP) is 3.66. The van der Waals surface area contributed by atoms with E-state index in [4.69, 9.17) is 4.74 Å². The summed E-state index contributed by atoms with van der Waals surface area (Å²) in [7, 11) is 0. The Morgan fingerprint density at radius 1 is 1.07 bits per heavy atom. The molecule has 6 nitrogen and oxygen atoms in total. The van der Waals surface area contributed by atoms with E-state index < -0.39 is 6.23 Å². The minimum absolute atomic E-state index is 0.00340. The molecule has 2 unspecified atom stereocenters. The van der Waals surface area contributed by atoms with Crippen molar-refractivity contribution < 1.29 is 9.53 Å². The Morgan fingerprint density at radius 2 is 1.96 bits per heavy atom. The minimum atomic E-state index is -0.583. The molecule has 3 heterocycles. The summed E-state index contributed by atoms with van der Waals surface area (Å²) in [6.07, 6.45) is 5.80. The highest BCUT2D eigenvalue weighted by Gasteiger charge is 2.35. The molecule has 2 aliphatic rings. The van der Waals surface area contributed by atoms with Gasteiger partial charge >= 0.3 is 0 Å². The van der Waals surface area contributed by atoms with Crippen LogP contribution in [0.1, 0.15) is 30.9 Å². The van der Waals surface area contributed by atoms with Gasteiger partial charge in [-0.25, -0.2) is 4.98 Å². The number of imidazole rings is 1. The van der Waals surface area contributed by atoms with E-state index in [9.17, 15) is 4.79 Å². The van der Waals surface area contributed by atoms with E-state index in [0.29, 0.717) is 6.61 Å². The number of carbonyl (C=O) groups excluding carboxylic acids is 1. The van der Waals surface area contributed by atoms with Crippen LogP contribution in [-0.2, 0) is 9.53 Å². The van der Waals surface area contributed by atoms with Crippen molar-refractivity contribution in [2.24, 2.45) is 0 Å². The van der Waals surface area contributed by atoms with Crippen LogP contribution in [0.15, 0.2) is 48.8 Å². The Morgan fingerprint density at radius 3 is 2.82 bits per heavy atom. The van der Waals surface area contributed by atoms with E-state index in [0.717, 1.165) is 36.1 Å². The van der Waals surface area contributed by atoms with Crippen LogP contribution in [0.2, 0.25) is 0 Å². The van der Waals surface area contributed by atoms with E-state index in [1.165, 1.54) is 30.5 Å². The van der Waals surface area contributed by atoms with Crippen molar-refractivity contribution in [3.8, 4) is 0 Å². The third kappa shape index (κ3) is 3.03. The molecule has 2 aliphatic heterocycles. The molecule has 2 atom stereocenters. The van der Waals surface area contributed by atoms with Crippen molar-refractivity contribution in [3.63, 3.8) is 0 Å². The number of hydrogen-bond acceptors (Lipinski definition) is 5. The number of fused-ring (bicyclic) bond motifs is 1. The fourth-order valence-electron chi connectivity index (χ4n) is 4.38. The quantitative estimate of drug-likeness (QED) is 0.704. The molecule has 3 aromatic rings. The lowest BCUT2D eigenvalue weighted by molar-refractivity contribution is -0.115. The maximum atomic E-state index is 11.7. The highest BCUT2D eigenvalue weighted by molar-refractivity contribution is 5.80. The molecule has 144 valence electrons. The molecule has 5 rings (SSSR count). The number of ether oxygens (including phenoxy) is 1. The molecule has 0 spiro atoms. The first-order valence-corrected chi connectivity index (χ1v) is 9.97. The van der Waals surface area contributed by atoms with Crippen molar-refractivity contribution in [1.29, 1.82) is 0 Å². The van der Waals surface area contributed by atoms with Gasteiger partial charge in [0.2, 0.25) is 0 Å². The standard InChI is InChI=1S/C22H24N4O2/c27-13-22-26(18-7-8-19-20(12-18)24-15-23-19)21(14-28-22)16-5-4-6-17(11-16)25-9-2-1-3-10-25/h4-8,11-13,15,21-22H,1-3,9-10,14H2,(H,23,24). The molecule has 1 aromatic heterocycles. The fraction of sp³-hybridized carbons (Fsp3) is 0.364. The number of piperidine rings is 1. The van der Waals surface area contributed by atoms with Crippen molar-refractivity contribution in [1.82, 2.24) is 9.97 Å². The molecular formula is C22H24N4O2. The summed E-state index contributed by atoms with van der Waals surface area (Å²) in [5.74, 6) is 0. The number of aldehydes is 1. The van der Waals surface area contributed by atoms with E-state index in [-0.39, 0.29) is 6.04 Å². The third-order valence-electron chi connectivity index (χ3n) is 5.83. The van der Waals surface area contributed by atoms with Gasteiger partial charge in [0.15, 0.2) is 12.5 Å². The maximum absolute atomic E-state index is 11.7. The SMILES string of the molecule is O=CC1OCC(c2cccc(N3CCCCC3)c2)N1c1ccc2[nH]cnc2c1. The summed E-state index contributed by atoms with van der Waals surface area (Å²) in [6.45, 7) is 2.72. The number of H-pyrrole nitrogens is 1. The lowest BCUT2D eigenvalue weighted by atomic mass is 10.0. The van der Waals surface area contributed by atoms with E-state index >= 15 is 0 Å². The Bertz CT molecular complexity index is 979. The van der Waals surface area contributed by atoms with Crippen LogP contribution in [0.3, 0.4) is 0 Å². The minimum Gasteiger partial charge on any atom is -0.372 e. The van der Waals surface area contributed by atoms with Gasteiger partial charge in [-0.3, -0.25) is 4.79 Å². The number of nitrogens with one attached hydrogen (secondary N) is 1. The zero-order valence-electron chi connectivity index (χ0n) is 15.8. The van der Waals surface area contributed by atoms with Gasteiger partial charge in [-0.15, -0.1) is 0 Å². The van der Waals surface area contributed by atoms with Gasteiger partial charge in [-0.2, -0.15) is 0 Å². The molecule has 0 bridgehead atoms. The smallest absolute Gasteiger partial charge is 0.187 e. The normalized spacial score (nSPS) is 22.7. The Balaban J connectivity index is 1.50. The second-order valence-corrected chi connectivity index (χ2v) is 7.53. The highest BCUT2D eigenvalue weighted by atomic mass is 16.5. The van der Waals surface area contributed by atoms with Crippen LogP contribution in [0.25, 0.3) is 11.0 Å². The molecular weight excluding hydrogens is 352 g/mol. The number of aromatic nitrogens is 2. The second-order valence-electron chi connectivity index (χ2n) is 7.53. The molecule has 0 saturated carbocycles. The predicted molar refractivity (Wildman–Crippen MR) is 110 cm³/mol. The fourth-order valence-corrected chi connectivity index (χ4v) is 4.38. The number of aromatic amines is 1. The van der Waals surface area contributed by atoms with E-state index in [2.05, 4.69) is 44.0 Å². The van der Waals surface area contributed by atoms with Crippen LogP contribution in [0.5, 0.6) is 0 Å². The van der Waals surface area contributed by atoms with Gasteiger partial charge in [0.1, 0.15) is 0 Å². The average Bonchev–Trinajstić information content (AvgIpc) is 3.40. The molecule has 0 radical (unpaired) electrons. The summed E-state index contributed by atoms with van der Waals surface area (Å²) in [6, 6.07) is 14.7. The molecule has 1 N–H and O–H groups in total. The van der Waals surface area contributed by atoms with Crippen LogP contribution in [0, 0.1) is 0 Å². The van der Waals surface area contributed by atoms with Crippen LogP contribution >= 0.6 is 0 Å². The average molecular weight is 376 g/mol. The molecule has 0 aliphatic carbocycles. The maximum Gasteiger partial charge on any atom is 0.187 e. The lowest BCUT2D eigenvalue weighted by Crippen LogP contribution is -2.33. The number of anilines is 2. The van der Waals surface area contributed by atoms with Gasteiger partial charge in [0.05, 0.1) is 30.0 Å². The Labute approximate surface area is 164 Å². The second kappa shape index (κ2) is 7.28. The van der Waals surface area contributed by atoms with Crippen molar-refractivity contribution in [2.45, 2.75) is 31.5 Å². The van der Waals surface area contributed by atoms with E-state index in [1.54, 1.807) is 6.33 Å². The first-order chi connectivity index (χ1) is 13.8. The lowest BCUT2D eigenvalue weighted by Gasteiger charge is -2.31. The number of rotatable bonds is 4. The monoisotopic (exact) mass is 376 g/mol. The molecule has 2 saturated heterocycles. The number of carbonyl (C=O) groups is 1. The van der Waals surface area contributed by atoms with E-state index in [1.807, 2.05) is 18.2 Å². The summed E-state index contributed by atoms with van der Waals surface area (Å²) < 4.78 is 5.83. The first-order valence-electron chi connectivity index (χ1n) is 9.97. The number of hydrogen-bond donors (Lipinski definition) is 1. The Kier molecular flexibility index (Phi) is 4.49. The summed E-state index contributed by atoms with van der Waals surface area (Å²) in [4.78, 5) is 23.7. The molecule has 28 heavy (non-hydrogen) atoms. The van der Waals surface area contributed by atoms with Crippen LogP contribution in [0.4, 0.5) is 11.4 Å². The third-order valence-corrected chi connectivity index (χ3v) is 5.83. The van der Waals surface area contributed by atoms with Crippen LogP contribution in [-0.4, -0.2) is 42.2 Å². The molecule has 0 amide bonds.